The molecule has 6 heteroatoms. The first-order valence-corrected chi connectivity index (χ1v) is 8.04. The summed E-state index contributed by atoms with van der Waals surface area (Å²) in [4.78, 5) is 15.0. The number of hydrogen-bond donors (Lipinski definition) is 1. The third-order valence-corrected chi connectivity index (χ3v) is 5.75. The molecule has 0 spiro atoms. The molecule has 2 heterocycles. The van der Waals surface area contributed by atoms with Gasteiger partial charge in [0.25, 0.3) is 0 Å². The fraction of sp³-hybridized carbons (Fsp3) is 0.938. The van der Waals surface area contributed by atoms with Gasteiger partial charge in [-0.25, -0.2) is 0 Å². The third kappa shape index (κ3) is 2.37. The molecule has 3 unspecified atom stereocenters. The summed E-state index contributed by atoms with van der Waals surface area (Å²) in [6, 6.07) is 0. The molecule has 1 aliphatic carbocycles. The Hall–Kier alpha value is -0.360. The Morgan fingerprint density at radius 1 is 1.23 bits per heavy atom. The Bertz CT molecular complexity index is 455. The fourth-order valence-electron chi connectivity index (χ4n) is 4.46. The van der Waals surface area contributed by atoms with Crippen molar-refractivity contribution in [2.24, 2.45) is 17.1 Å². The number of rotatable bonds is 1. The normalized spacial score (nSPS) is 39.2. The predicted molar refractivity (Wildman–Crippen MR) is 87.0 cm³/mol. The van der Waals surface area contributed by atoms with Gasteiger partial charge in [0.15, 0.2) is 0 Å². The van der Waals surface area contributed by atoms with Crippen molar-refractivity contribution in [1.29, 1.82) is 0 Å². The lowest BCUT2D eigenvalue weighted by molar-refractivity contribution is -0.233. The molecule has 2 N–H and O–H groups in total. The van der Waals surface area contributed by atoms with Crippen molar-refractivity contribution in [3.63, 3.8) is 0 Å². The van der Waals surface area contributed by atoms with Gasteiger partial charge >= 0.3 is 0 Å². The van der Waals surface area contributed by atoms with Gasteiger partial charge in [-0.1, -0.05) is 13.8 Å². The molecular formula is C16H29ClN2O3. The molecule has 0 bridgehead atoms. The second kappa shape index (κ2) is 5.62. The number of nitrogens with zero attached hydrogens (tertiary/aromatic N) is 1. The minimum Gasteiger partial charge on any atom is -0.377 e. The Kier molecular flexibility index (Phi) is 4.59. The summed E-state index contributed by atoms with van der Waals surface area (Å²) in [7, 11) is 0. The number of halogens is 1. The largest absolute Gasteiger partial charge is 0.377 e. The average molecular weight is 333 g/mol. The number of fused-ring (bicyclic) bond motifs is 1. The zero-order chi connectivity index (χ0) is 15.5. The molecule has 1 amide bonds. The zero-order valence-corrected chi connectivity index (χ0v) is 14.9. The van der Waals surface area contributed by atoms with Gasteiger partial charge in [0, 0.05) is 31.0 Å². The standard InChI is InChI=1S/C16H28N2O3.ClH/c1-14(2)10-18(7-9-21-14)13(19)16(17)11-6-5-8-20-12(11)15(16,3)4;/h11-12H,5-10,17H2,1-4H3;1H. The Balaban J connectivity index is 0.00000176. The first-order valence-electron chi connectivity index (χ1n) is 8.04. The van der Waals surface area contributed by atoms with E-state index in [1.165, 1.54) is 0 Å². The molecule has 3 atom stereocenters. The number of hydrogen-bond acceptors (Lipinski definition) is 4. The Labute approximate surface area is 139 Å². The van der Waals surface area contributed by atoms with Crippen molar-refractivity contribution in [3.05, 3.63) is 0 Å². The maximum absolute atomic E-state index is 13.2. The van der Waals surface area contributed by atoms with E-state index < -0.39 is 5.54 Å². The van der Waals surface area contributed by atoms with Crippen LogP contribution in [0.4, 0.5) is 0 Å². The molecule has 22 heavy (non-hydrogen) atoms. The van der Waals surface area contributed by atoms with Crippen LogP contribution in [-0.4, -0.2) is 54.4 Å². The van der Waals surface area contributed by atoms with Gasteiger partial charge in [-0.2, -0.15) is 0 Å². The summed E-state index contributed by atoms with van der Waals surface area (Å²) in [6.45, 7) is 10.8. The zero-order valence-electron chi connectivity index (χ0n) is 14.1. The summed E-state index contributed by atoms with van der Waals surface area (Å²) >= 11 is 0. The van der Waals surface area contributed by atoms with Crippen molar-refractivity contribution in [2.45, 2.75) is 57.8 Å². The predicted octanol–water partition coefficient (Wildman–Crippen LogP) is 1.58. The van der Waals surface area contributed by atoms with Crippen molar-refractivity contribution < 1.29 is 14.3 Å². The molecule has 5 nitrogen and oxygen atoms in total. The van der Waals surface area contributed by atoms with Crippen LogP contribution in [-0.2, 0) is 14.3 Å². The molecule has 3 rings (SSSR count). The van der Waals surface area contributed by atoms with Crippen LogP contribution in [0.3, 0.4) is 0 Å². The lowest BCUT2D eigenvalue weighted by Crippen LogP contribution is -2.83. The highest BCUT2D eigenvalue weighted by molar-refractivity contribution is 5.89. The molecule has 2 saturated heterocycles. The van der Waals surface area contributed by atoms with Crippen LogP contribution < -0.4 is 5.73 Å². The van der Waals surface area contributed by atoms with E-state index >= 15 is 0 Å². The van der Waals surface area contributed by atoms with Crippen molar-refractivity contribution >= 4 is 18.3 Å². The third-order valence-electron chi connectivity index (χ3n) is 5.75. The number of carbonyl (C=O) groups excluding carboxylic acids is 1. The van der Waals surface area contributed by atoms with Crippen LogP contribution in [0.1, 0.15) is 40.5 Å². The Morgan fingerprint density at radius 2 is 1.91 bits per heavy atom. The molecule has 0 radical (unpaired) electrons. The Morgan fingerprint density at radius 3 is 2.55 bits per heavy atom. The first kappa shape index (κ1) is 18.0. The summed E-state index contributed by atoms with van der Waals surface area (Å²) in [5.41, 5.74) is 5.29. The van der Waals surface area contributed by atoms with Gasteiger partial charge in [0.1, 0.15) is 5.54 Å². The van der Waals surface area contributed by atoms with E-state index in [-0.39, 0.29) is 41.4 Å². The van der Waals surface area contributed by atoms with Gasteiger partial charge < -0.3 is 20.1 Å². The van der Waals surface area contributed by atoms with E-state index in [1.807, 2.05) is 18.7 Å². The highest BCUT2D eigenvalue weighted by Crippen LogP contribution is 2.58. The molecule has 0 aromatic rings. The summed E-state index contributed by atoms with van der Waals surface area (Å²) in [5, 5.41) is 0. The number of nitrogens with two attached hydrogens (primary N) is 1. The summed E-state index contributed by atoms with van der Waals surface area (Å²) in [6.07, 6.45) is 2.11. The number of ether oxygens (including phenoxy) is 2. The van der Waals surface area contributed by atoms with E-state index in [4.69, 9.17) is 15.2 Å². The second-order valence-electron chi connectivity index (χ2n) is 7.97. The quantitative estimate of drug-likeness (QED) is 0.791. The molecule has 3 fully saturated rings. The van der Waals surface area contributed by atoms with Crippen molar-refractivity contribution in [1.82, 2.24) is 4.90 Å². The summed E-state index contributed by atoms with van der Waals surface area (Å²) < 4.78 is 11.6. The van der Waals surface area contributed by atoms with Crippen LogP contribution in [0, 0.1) is 11.3 Å². The molecule has 3 aliphatic rings. The molecule has 1 saturated carbocycles. The van der Waals surface area contributed by atoms with Crippen molar-refractivity contribution in [3.8, 4) is 0 Å². The van der Waals surface area contributed by atoms with E-state index in [2.05, 4.69) is 13.8 Å². The van der Waals surface area contributed by atoms with E-state index in [0.29, 0.717) is 19.7 Å². The monoisotopic (exact) mass is 332 g/mol. The van der Waals surface area contributed by atoms with Gasteiger partial charge in [-0.3, -0.25) is 4.79 Å². The van der Waals surface area contributed by atoms with Crippen LogP contribution in [0.25, 0.3) is 0 Å². The molecule has 0 aromatic carbocycles. The maximum Gasteiger partial charge on any atom is 0.243 e. The molecule has 128 valence electrons. The van der Waals surface area contributed by atoms with E-state index in [0.717, 1.165) is 19.4 Å². The fourth-order valence-corrected chi connectivity index (χ4v) is 4.46. The van der Waals surface area contributed by atoms with Crippen LogP contribution in [0.15, 0.2) is 0 Å². The molecule has 2 aliphatic heterocycles. The van der Waals surface area contributed by atoms with Gasteiger partial charge in [-0.15, -0.1) is 12.4 Å². The van der Waals surface area contributed by atoms with Gasteiger partial charge in [-0.05, 0) is 26.7 Å². The number of carbonyl (C=O) groups is 1. The summed E-state index contributed by atoms with van der Waals surface area (Å²) in [5.74, 6) is 0.232. The highest BCUT2D eigenvalue weighted by Gasteiger charge is 2.71. The van der Waals surface area contributed by atoms with Crippen molar-refractivity contribution in [2.75, 3.05) is 26.3 Å². The number of morpholine rings is 1. The van der Waals surface area contributed by atoms with E-state index in [1.54, 1.807) is 0 Å². The van der Waals surface area contributed by atoms with Gasteiger partial charge in [0.05, 0.1) is 18.3 Å². The number of amides is 1. The minimum atomic E-state index is -0.800. The lowest BCUT2D eigenvalue weighted by atomic mass is 9.46. The van der Waals surface area contributed by atoms with Crippen LogP contribution >= 0.6 is 12.4 Å². The smallest absolute Gasteiger partial charge is 0.243 e. The molecular weight excluding hydrogens is 304 g/mol. The second-order valence-corrected chi connectivity index (χ2v) is 7.97. The maximum atomic E-state index is 13.2. The SMILES string of the molecule is CC1(C)CN(C(=O)C2(N)C3CCCOC3C2(C)C)CCO1.Cl. The van der Waals surface area contributed by atoms with Crippen LogP contribution in [0.2, 0.25) is 0 Å². The average Bonchev–Trinajstić information content (AvgIpc) is 2.44. The van der Waals surface area contributed by atoms with Gasteiger partial charge in [0.2, 0.25) is 5.91 Å². The molecule has 0 aromatic heterocycles. The minimum absolute atomic E-state index is 0. The van der Waals surface area contributed by atoms with Crippen LogP contribution in [0.5, 0.6) is 0 Å². The highest BCUT2D eigenvalue weighted by atomic mass is 35.5. The van der Waals surface area contributed by atoms with E-state index in [9.17, 15) is 4.79 Å². The topological polar surface area (TPSA) is 64.8 Å². The lowest BCUT2D eigenvalue weighted by Gasteiger charge is -2.66. The first-order chi connectivity index (χ1) is 9.70.